The average Bonchev–Trinajstić information content (AvgIpc) is 3.16. The normalized spacial score (nSPS) is 10.5. The molecule has 0 saturated heterocycles. The van der Waals surface area contributed by atoms with Crippen LogP contribution in [0.25, 0.3) is 0 Å². The van der Waals surface area contributed by atoms with Gasteiger partial charge in [-0.1, -0.05) is 11.8 Å². The van der Waals surface area contributed by atoms with Crippen LogP contribution in [0.2, 0.25) is 0 Å². The topological polar surface area (TPSA) is 99.5 Å². The minimum Gasteiger partial charge on any atom is -0.462 e. The summed E-state index contributed by atoms with van der Waals surface area (Å²) in [6.45, 7) is 5.42. The fraction of sp³-hybridized carbons (Fsp3) is 0.412. The number of nitrogens with zero attached hydrogens (tertiary/aromatic N) is 2. The maximum Gasteiger partial charge on any atom is 0.348 e. The number of rotatable bonds is 8. The van der Waals surface area contributed by atoms with Crippen molar-refractivity contribution in [1.29, 1.82) is 0 Å². The third kappa shape index (κ3) is 5.10. The van der Waals surface area contributed by atoms with E-state index in [9.17, 15) is 14.4 Å². The van der Waals surface area contributed by atoms with E-state index in [0.29, 0.717) is 10.7 Å². The highest BCUT2D eigenvalue weighted by Crippen LogP contribution is 2.34. The van der Waals surface area contributed by atoms with Gasteiger partial charge >= 0.3 is 11.9 Å². The lowest BCUT2D eigenvalue weighted by atomic mass is 10.1. The minimum absolute atomic E-state index is 0.110. The molecule has 1 amide bonds. The molecular weight excluding hydrogens is 390 g/mol. The van der Waals surface area contributed by atoms with Crippen molar-refractivity contribution < 1.29 is 23.9 Å². The number of ether oxygens (including phenoxy) is 2. The largest absolute Gasteiger partial charge is 0.462 e. The maximum absolute atomic E-state index is 12.3. The Morgan fingerprint density at radius 3 is 2.48 bits per heavy atom. The van der Waals surface area contributed by atoms with E-state index in [4.69, 9.17) is 9.47 Å². The van der Waals surface area contributed by atoms with Gasteiger partial charge in [-0.05, 0) is 26.3 Å². The molecule has 0 fully saturated rings. The molecule has 0 aromatic carbocycles. The van der Waals surface area contributed by atoms with Crippen LogP contribution in [0, 0.1) is 6.92 Å². The van der Waals surface area contributed by atoms with Crippen LogP contribution in [-0.4, -0.2) is 46.4 Å². The number of esters is 2. The van der Waals surface area contributed by atoms with Gasteiger partial charge in [-0.25, -0.2) is 14.6 Å². The molecule has 8 nitrogen and oxygen atoms in total. The Labute approximate surface area is 165 Å². The number of carbonyl (C=O) groups excluding carboxylic acids is 3. The number of aryl methyl sites for hydroxylation is 1. The number of hydrogen-bond acceptors (Lipinski definition) is 8. The number of aromatic nitrogens is 2. The minimum atomic E-state index is -0.589. The molecule has 10 heteroatoms. The molecule has 27 heavy (non-hydrogen) atoms. The molecule has 0 aliphatic carbocycles. The van der Waals surface area contributed by atoms with E-state index in [1.165, 1.54) is 11.8 Å². The van der Waals surface area contributed by atoms with Crippen molar-refractivity contribution in [2.24, 2.45) is 7.05 Å². The Kier molecular flexibility index (Phi) is 7.43. The number of hydrogen-bond donors (Lipinski definition) is 1. The molecule has 0 bridgehead atoms. The Morgan fingerprint density at radius 1 is 1.22 bits per heavy atom. The number of nitrogens with one attached hydrogen (secondary N) is 1. The van der Waals surface area contributed by atoms with Crippen molar-refractivity contribution in [3.8, 4) is 0 Å². The van der Waals surface area contributed by atoms with Crippen molar-refractivity contribution in [1.82, 2.24) is 9.55 Å². The summed E-state index contributed by atoms with van der Waals surface area (Å²) in [4.78, 5) is 41.2. The summed E-state index contributed by atoms with van der Waals surface area (Å²) in [6.07, 6.45) is 3.43. The lowest BCUT2D eigenvalue weighted by molar-refractivity contribution is -0.113. The average molecular weight is 412 g/mol. The quantitative estimate of drug-likeness (QED) is 0.527. The van der Waals surface area contributed by atoms with E-state index in [0.717, 1.165) is 11.3 Å². The van der Waals surface area contributed by atoms with Gasteiger partial charge in [0.25, 0.3) is 0 Å². The first kappa shape index (κ1) is 21.0. The van der Waals surface area contributed by atoms with Crippen LogP contribution < -0.4 is 5.32 Å². The van der Waals surface area contributed by atoms with Crippen molar-refractivity contribution in [2.75, 3.05) is 24.3 Å². The molecular formula is C17H21N3O5S2. The van der Waals surface area contributed by atoms with Crippen molar-refractivity contribution in [2.45, 2.75) is 25.9 Å². The molecule has 0 unspecified atom stereocenters. The van der Waals surface area contributed by atoms with Crippen LogP contribution in [0.3, 0.4) is 0 Å². The van der Waals surface area contributed by atoms with Crippen molar-refractivity contribution in [3.05, 3.63) is 28.4 Å². The van der Waals surface area contributed by atoms with Crippen LogP contribution in [0.15, 0.2) is 17.6 Å². The molecule has 0 spiro atoms. The van der Waals surface area contributed by atoms with Gasteiger partial charge in [-0.2, -0.15) is 0 Å². The zero-order valence-electron chi connectivity index (χ0n) is 15.5. The summed E-state index contributed by atoms with van der Waals surface area (Å²) in [5.74, 6) is -1.33. The standard InChI is InChI=1S/C17H21N3O5S2/c1-5-24-15(22)12-10(3)13(16(23)25-6-2)27-14(12)19-11(21)9-26-17-18-7-8-20(17)4/h7-8H,5-6,9H2,1-4H3,(H,19,21). The summed E-state index contributed by atoms with van der Waals surface area (Å²) in [5, 5.41) is 3.68. The smallest absolute Gasteiger partial charge is 0.348 e. The van der Waals surface area contributed by atoms with Gasteiger partial charge < -0.3 is 19.4 Å². The summed E-state index contributed by atoms with van der Waals surface area (Å²) in [5.41, 5.74) is 0.615. The molecule has 0 atom stereocenters. The Balaban J connectivity index is 2.21. The van der Waals surface area contributed by atoms with Crippen LogP contribution in [0.4, 0.5) is 5.00 Å². The number of thioether (sulfide) groups is 1. The predicted molar refractivity (Wildman–Crippen MR) is 104 cm³/mol. The lowest BCUT2D eigenvalue weighted by Gasteiger charge is -2.07. The van der Waals surface area contributed by atoms with Gasteiger partial charge in [-0.3, -0.25) is 4.79 Å². The van der Waals surface area contributed by atoms with E-state index < -0.39 is 11.9 Å². The summed E-state index contributed by atoms with van der Waals surface area (Å²) >= 11 is 2.27. The van der Waals surface area contributed by atoms with Gasteiger partial charge in [-0.15, -0.1) is 11.3 Å². The highest BCUT2D eigenvalue weighted by molar-refractivity contribution is 7.99. The molecule has 2 aromatic heterocycles. The second-order valence-corrected chi connectivity index (χ2v) is 7.32. The summed E-state index contributed by atoms with van der Waals surface area (Å²) in [6, 6.07) is 0. The first-order valence-corrected chi connectivity index (χ1v) is 10.1. The molecule has 146 valence electrons. The van der Waals surface area contributed by atoms with Crippen LogP contribution in [-0.2, 0) is 21.3 Å². The molecule has 2 aromatic rings. The number of amides is 1. The molecule has 0 aliphatic rings. The Bertz CT molecular complexity index is 844. The van der Waals surface area contributed by atoms with Crippen LogP contribution >= 0.6 is 23.1 Å². The molecule has 0 radical (unpaired) electrons. The second-order valence-electron chi connectivity index (χ2n) is 5.36. The first-order chi connectivity index (χ1) is 12.9. The fourth-order valence-corrected chi connectivity index (χ4v) is 4.06. The molecule has 0 aliphatic heterocycles. The number of thiophene rings is 1. The van der Waals surface area contributed by atoms with Crippen molar-refractivity contribution >= 4 is 45.9 Å². The van der Waals surface area contributed by atoms with Gasteiger partial charge in [0, 0.05) is 19.4 Å². The molecule has 2 rings (SSSR count). The van der Waals surface area contributed by atoms with E-state index in [2.05, 4.69) is 10.3 Å². The third-order valence-corrected chi connectivity index (χ3v) is 5.69. The lowest BCUT2D eigenvalue weighted by Crippen LogP contribution is -2.16. The maximum atomic E-state index is 12.3. The molecule has 1 N–H and O–H groups in total. The second kappa shape index (κ2) is 9.56. The van der Waals surface area contributed by atoms with Gasteiger partial charge in [0.15, 0.2) is 5.16 Å². The number of carbonyl (C=O) groups is 3. The van der Waals surface area contributed by atoms with Gasteiger partial charge in [0.05, 0.1) is 24.5 Å². The summed E-state index contributed by atoms with van der Waals surface area (Å²) in [7, 11) is 1.83. The third-order valence-electron chi connectivity index (χ3n) is 3.45. The van der Waals surface area contributed by atoms with E-state index in [1.54, 1.807) is 37.7 Å². The summed E-state index contributed by atoms with van der Waals surface area (Å²) < 4.78 is 11.9. The highest BCUT2D eigenvalue weighted by Gasteiger charge is 2.27. The number of anilines is 1. The highest BCUT2D eigenvalue weighted by atomic mass is 32.2. The molecule has 2 heterocycles. The van der Waals surface area contributed by atoms with Crippen molar-refractivity contribution in [3.63, 3.8) is 0 Å². The molecule has 0 saturated carbocycles. The zero-order chi connectivity index (χ0) is 20.0. The monoisotopic (exact) mass is 411 g/mol. The predicted octanol–water partition coefficient (Wildman–Crippen LogP) is 2.87. The Morgan fingerprint density at radius 2 is 1.89 bits per heavy atom. The van der Waals surface area contributed by atoms with E-state index >= 15 is 0 Å². The SMILES string of the molecule is CCOC(=O)c1sc(NC(=O)CSc2nccn2C)c(C(=O)OCC)c1C. The van der Waals surface area contributed by atoms with Gasteiger partial charge in [0.2, 0.25) is 5.91 Å². The van der Waals surface area contributed by atoms with Gasteiger partial charge in [0.1, 0.15) is 9.88 Å². The van der Waals surface area contributed by atoms with E-state index in [1.807, 2.05) is 7.05 Å². The van der Waals surface area contributed by atoms with Crippen LogP contribution in [0.5, 0.6) is 0 Å². The van der Waals surface area contributed by atoms with E-state index in [-0.39, 0.29) is 40.3 Å². The number of imidazole rings is 1. The fourth-order valence-electron chi connectivity index (χ4n) is 2.23. The first-order valence-electron chi connectivity index (χ1n) is 8.26. The zero-order valence-corrected chi connectivity index (χ0v) is 17.2. The van der Waals surface area contributed by atoms with Crippen LogP contribution in [0.1, 0.15) is 39.4 Å². The Hall–Kier alpha value is -2.33.